The first kappa shape index (κ1) is 13.3. The zero-order chi connectivity index (χ0) is 11.6. The molecule has 0 radical (unpaired) electrons. The summed E-state index contributed by atoms with van der Waals surface area (Å²) in [6.45, 7) is 6.04. The second-order valence-electron chi connectivity index (χ2n) is 3.45. The summed E-state index contributed by atoms with van der Waals surface area (Å²) in [5.41, 5.74) is 1.11. The standard InChI is InChI=1S/C13H18BrNO/c1-2-3-6-10-16-11-9-15-13-8-5-4-7-12(13)14/h2,4-5,7-8,15H,1,3,6,9-11H2. The molecule has 0 saturated heterocycles. The first-order chi connectivity index (χ1) is 7.84. The highest BCUT2D eigenvalue weighted by Gasteiger charge is 1.96. The quantitative estimate of drug-likeness (QED) is 0.578. The lowest BCUT2D eigenvalue weighted by molar-refractivity contribution is 0.142. The number of anilines is 1. The van der Waals surface area contributed by atoms with Crippen LogP contribution in [0, 0.1) is 0 Å². The van der Waals surface area contributed by atoms with Gasteiger partial charge >= 0.3 is 0 Å². The first-order valence-electron chi connectivity index (χ1n) is 5.51. The molecular formula is C13H18BrNO. The van der Waals surface area contributed by atoms with E-state index in [0.29, 0.717) is 0 Å². The Morgan fingerprint density at radius 3 is 2.88 bits per heavy atom. The van der Waals surface area contributed by atoms with Crippen LogP contribution in [0.4, 0.5) is 5.69 Å². The SMILES string of the molecule is C=CCCCOCCNc1ccccc1Br. The lowest BCUT2D eigenvalue weighted by atomic mass is 10.3. The molecule has 1 rings (SSSR count). The molecule has 0 atom stereocenters. The fraction of sp³-hybridized carbons (Fsp3) is 0.385. The Balaban J connectivity index is 2.07. The molecule has 0 aliphatic carbocycles. The molecule has 0 aromatic heterocycles. The topological polar surface area (TPSA) is 21.3 Å². The van der Waals surface area contributed by atoms with Crippen molar-refractivity contribution in [2.45, 2.75) is 12.8 Å². The normalized spacial score (nSPS) is 10.1. The van der Waals surface area contributed by atoms with E-state index in [9.17, 15) is 0 Å². The van der Waals surface area contributed by atoms with Gasteiger partial charge in [0, 0.05) is 23.3 Å². The van der Waals surface area contributed by atoms with E-state index in [1.807, 2.05) is 30.3 Å². The number of nitrogens with one attached hydrogen (secondary N) is 1. The van der Waals surface area contributed by atoms with Crippen LogP contribution in [-0.2, 0) is 4.74 Å². The summed E-state index contributed by atoms with van der Waals surface area (Å²) in [7, 11) is 0. The van der Waals surface area contributed by atoms with Crippen LogP contribution in [0.1, 0.15) is 12.8 Å². The van der Waals surface area contributed by atoms with Crippen molar-refractivity contribution in [2.75, 3.05) is 25.1 Å². The average Bonchev–Trinajstić information content (AvgIpc) is 2.30. The third-order valence-corrected chi connectivity index (χ3v) is 2.82. The number of rotatable bonds is 8. The van der Waals surface area contributed by atoms with Crippen molar-refractivity contribution >= 4 is 21.6 Å². The molecule has 0 aliphatic heterocycles. The van der Waals surface area contributed by atoms with Crippen LogP contribution in [-0.4, -0.2) is 19.8 Å². The number of halogens is 1. The molecule has 0 fully saturated rings. The van der Waals surface area contributed by atoms with E-state index in [-0.39, 0.29) is 0 Å². The van der Waals surface area contributed by atoms with Gasteiger partial charge in [-0.3, -0.25) is 0 Å². The number of benzene rings is 1. The van der Waals surface area contributed by atoms with Gasteiger partial charge in [-0.1, -0.05) is 18.2 Å². The number of hydrogen-bond acceptors (Lipinski definition) is 2. The van der Waals surface area contributed by atoms with Crippen molar-refractivity contribution < 1.29 is 4.74 Å². The van der Waals surface area contributed by atoms with E-state index in [0.717, 1.165) is 42.8 Å². The van der Waals surface area contributed by atoms with Crippen molar-refractivity contribution in [3.63, 3.8) is 0 Å². The summed E-state index contributed by atoms with van der Waals surface area (Å²) >= 11 is 3.49. The van der Waals surface area contributed by atoms with E-state index in [2.05, 4.69) is 27.8 Å². The van der Waals surface area contributed by atoms with Crippen LogP contribution in [0.15, 0.2) is 41.4 Å². The van der Waals surface area contributed by atoms with Crippen LogP contribution in [0.2, 0.25) is 0 Å². The Morgan fingerprint density at radius 2 is 2.12 bits per heavy atom. The second kappa shape index (κ2) is 8.36. The second-order valence-corrected chi connectivity index (χ2v) is 4.30. The maximum absolute atomic E-state index is 5.47. The maximum atomic E-state index is 5.47. The molecule has 0 heterocycles. The minimum absolute atomic E-state index is 0.735. The lowest BCUT2D eigenvalue weighted by Crippen LogP contribution is -2.10. The van der Waals surface area contributed by atoms with E-state index in [4.69, 9.17) is 4.74 Å². The fourth-order valence-corrected chi connectivity index (χ4v) is 1.72. The molecule has 88 valence electrons. The van der Waals surface area contributed by atoms with Gasteiger partial charge in [0.1, 0.15) is 0 Å². The molecule has 3 heteroatoms. The summed E-state index contributed by atoms with van der Waals surface area (Å²) in [5.74, 6) is 0. The van der Waals surface area contributed by atoms with Gasteiger partial charge in [-0.25, -0.2) is 0 Å². The Morgan fingerprint density at radius 1 is 1.31 bits per heavy atom. The smallest absolute Gasteiger partial charge is 0.0639 e. The molecule has 0 amide bonds. The van der Waals surface area contributed by atoms with Gasteiger partial charge in [0.2, 0.25) is 0 Å². The summed E-state index contributed by atoms with van der Waals surface area (Å²) in [6, 6.07) is 8.08. The van der Waals surface area contributed by atoms with Gasteiger partial charge in [0.05, 0.1) is 6.61 Å². The van der Waals surface area contributed by atoms with Crippen LogP contribution >= 0.6 is 15.9 Å². The number of allylic oxidation sites excluding steroid dienone is 1. The molecule has 0 unspecified atom stereocenters. The van der Waals surface area contributed by atoms with Crippen molar-refractivity contribution in [3.8, 4) is 0 Å². The van der Waals surface area contributed by atoms with Gasteiger partial charge in [-0.2, -0.15) is 0 Å². The predicted octanol–water partition coefficient (Wildman–Crippen LogP) is 3.84. The number of ether oxygens (including phenoxy) is 1. The Bertz CT molecular complexity index is 315. The highest BCUT2D eigenvalue weighted by molar-refractivity contribution is 9.10. The first-order valence-corrected chi connectivity index (χ1v) is 6.31. The van der Waals surface area contributed by atoms with Gasteiger partial charge < -0.3 is 10.1 Å². The van der Waals surface area contributed by atoms with Gasteiger partial charge in [0.25, 0.3) is 0 Å². The predicted molar refractivity (Wildman–Crippen MR) is 72.9 cm³/mol. The van der Waals surface area contributed by atoms with Crippen LogP contribution in [0.3, 0.4) is 0 Å². The Kier molecular flexibility index (Phi) is 6.93. The summed E-state index contributed by atoms with van der Waals surface area (Å²) in [4.78, 5) is 0. The van der Waals surface area contributed by atoms with Gasteiger partial charge in [0.15, 0.2) is 0 Å². The van der Waals surface area contributed by atoms with Gasteiger partial charge in [-0.15, -0.1) is 6.58 Å². The molecule has 0 aliphatic rings. The van der Waals surface area contributed by atoms with Crippen molar-refractivity contribution in [1.29, 1.82) is 0 Å². The summed E-state index contributed by atoms with van der Waals surface area (Å²) in [5, 5.41) is 3.31. The molecule has 1 N–H and O–H groups in total. The summed E-state index contributed by atoms with van der Waals surface area (Å²) < 4.78 is 6.56. The molecule has 2 nitrogen and oxygen atoms in total. The molecule has 0 bridgehead atoms. The Labute approximate surface area is 106 Å². The molecular weight excluding hydrogens is 266 g/mol. The third kappa shape index (κ3) is 5.33. The van der Waals surface area contributed by atoms with Crippen molar-refractivity contribution in [1.82, 2.24) is 0 Å². The van der Waals surface area contributed by atoms with E-state index >= 15 is 0 Å². The van der Waals surface area contributed by atoms with Crippen LogP contribution < -0.4 is 5.32 Å². The van der Waals surface area contributed by atoms with Crippen LogP contribution in [0.25, 0.3) is 0 Å². The Hall–Kier alpha value is -0.800. The molecule has 1 aromatic rings. The molecule has 0 saturated carbocycles. The summed E-state index contributed by atoms with van der Waals surface area (Å²) in [6.07, 6.45) is 4.00. The largest absolute Gasteiger partial charge is 0.382 e. The number of para-hydroxylation sites is 1. The molecule has 16 heavy (non-hydrogen) atoms. The van der Waals surface area contributed by atoms with E-state index in [1.54, 1.807) is 0 Å². The zero-order valence-corrected chi connectivity index (χ0v) is 11.0. The maximum Gasteiger partial charge on any atom is 0.0639 e. The fourth-order valence-electron chi connectivity index (χ4n) is 1.29. The zero-order valence-electron chi connectivity index (χ0n) is 9.42. The average molecular weight is 284 g/mol. The highest BCUT2D eigenvalue weighted by Crippen LogP contribution is 2.20. The molecule has 1 aromatic carbocycles. The third-order valence-electron chi connectivity index (χ3n) is 2.13. The van der Waals surface area contributed by atoms with E-state index in [1.165, 1.54) is 0 Å². The van der Waals surface area contributed by atoms with Crippen LogP contribution in [0.5, 0.6) is 0 Å². The minimum atomic E-state index is 0.735. The van der Waals surface area contributed by atoms with E-state index < -0.39 is 0 Å². The number of hydrogen-bond donors (Lipinski definition) is 1. The monoisotopic (exact) mass is 283 g/mol. The number of unbranched alkanes of at least 4 members (excludes halogenated alkanes) is 1. The minimum Gasteiger partial charge on any atom is -0.382 e. The van der Waals surface area contributed by atoms with Gasteiger partial charge in [-0.05, 0) is 40.9 Å². The lowest BCUT2D eigenvalue weighted by Gasteiger charge is -2.08. The van der Waals surface area contributed by atoms with Crippen molar-refractivity contribution in [3.05, 3.63) is 41.4 Å². The van der Waals surface area contributed by atoms with Crippen molar-refractivity contribution in [2.24, 2.45) is 0 Å². The highest BCUT2D eigenvalue weighted by atomic mass is 79.9. The molecule has 0 spiro atoms.